The quantitative estimate of drug-likeness (QED) is 0.110. The van der Waals surface area contributed by atoms with Crippen molar-refractivity contribution in [3.63, 3.8) is 0 Å². The van der Waals surface area contributed by atoms with Gasteiger partial charge in [0, 0.05) is 0 Å². The highest BCUT2D eigenvalue weighted by Crippen LogP contribution is 2.34. The summed E-state index contributed by atoms with van der Waals surface area (Å²) in [5, 5.41) is 133. The molecule has 13 N–H and O–H groups in total. The van der Waals surface area contributed by atoms with Gasteiger partial charge in [0.2, 0.25) is 0 Å². The van der Waals surface area contributed by atoms with Crippen LogP contribution in [0, 0.1) is 0 Å². The van der Waals surface area contributed by atoms with E-state index in [0.717, 1.165) is 0 Å². The molecule has 4 aliphatic heterocycles. The van der Waals surface area contributed by atoms with Crippen molar-refractivity contribution >= 4 is 0 Å². The Kier molecular flexibility index (Phi) is 12.3. The molecule has 0 radical (unpaired) electrons. The van der Waals surface area contributed by atoms with Gasteiger partial charge in [-0.05, 0) is 6.92 Å². The minimum Gasteiger partial charge on any atom is -0.394 e. The molecule has 0 aromatic rings. The molecule has 0 aliphatic carbocycles. The summed E-state index contributed by atoms with van der Waals surface area (Å²) >= 11 is 0. The van der Waals surface area contributed by atoms with Gasteiger partial charge in [0.05, 0.1) is 25.9 Å². The normalized spacial score (nSPS) is 53.9. The van der Waals surface area contributed by atoms with Crippen LogP contribution < -0.4 is 0 Å². The Bertz CT molecular complexity index is 900. The monoisotopic (exact) mass is 650 g/mol. The first-order chi connectivity index (χ1) is 20.7. The molecule has 0 unspecified atom stereocenters. The van der Waals surface area contributed by atoms with Gasteiger partial charge >= 0.3 is 0 Å². The fourth-order valence-corrected chi connectivity index (χ4v) is 5.49. The first-order valence-electron chi connectivity index (χ1n) is 14.0. The van der Waals surface area contributed by atoms with Crippen molar-refractivity contribution in [1.82, 2.24) is 0 Å². The Hall–Kier alpha value is -0.800. The van der Waals surface area contributed by atoms with Crippen molar-refractivity contribution in [2.45, 2.75) is 130 Å². The summed E-state index contributed by atoms with van der Waals surface area (Å²) in [4.78, 5) is 0. The van der Waals surface area contributed by atoms with Crippen molar-refractivity contribution in [3.8, 4) is 0 Å². The van der Waals surface area contributed by atoms with Gasteiger partial charge in [-0.25, -0.2) is 0 Å². The van der Waals surface area contributed by atoms with E-state index in [1.165, 1.54) is 6.92 Å². The van der Waals surface area contributed by atoms with Crippen LogP contribution in [0.25, 0.3) is 0 Å². The summed E-state index contributed by atoms with van der Waals surface area (Å²) in [7, 11) is 0. The Balaban J connectivity index is 1.57. The summed E-state index contributed by atoms with van der Waals surface area (Å²) in [6, 6.07) is 0. The third kappa shape index (κ3) is 7.05. The van der Waals surface area contributed by atoms with E-state index in [2.05, 4.69) is 0 Å². The molecule has 0 spiro atoms. The van der Waals surface area contributed by atoms with Crippen LogP contribution in [0.3, 0.4) is 0 Å². The maximum atomic E-state index is 11.1. The Morgan fingerprint density at radius 3 is 1.41 bits per heavy atom. The molecule has 258 valence electrons. The van der Waals surface area contributed by atoms with Crippen molar-refractivity contribution in [2.24, 2.45) is 0 Å². The summed E-state index contributed by atoms with van der Waals surface area (Å²) in [6.45, 7) is -1.15. The fourth-order valence-electron chi connectivity index (χ4n) is 5.49. The van der Waals surface area contributed by atoms with Gasteiger partial charge in [-0.1, -0.05) is 0 Å². The Labute approximate surface area is 249 Å². The van der Waals surface area contributed by atoms with Gasteiger partial charge in [-0.15, -0.1) is 0 Å². The molecule has 4 rings (SSSR count). The second kappa shape index (κ2) is 15.0. The lowest BCUT2D eigenvalue weighted by atomic mass is 9.95. The third-order valence-corrected chi connectivity index (χ3v) is 8.16. The number of aliphatic hydroxyl groups is 13. The van der Waals surface area contributed by atoms with Crippen LogP contribution in [-0.2, 0) is 33.2 Å². The van der Waals surface area contributed by atoms with Crippen molar-refractivity contribution in [1.29, 1.82) is 0 Å². The van der Waals surface area contributed by atoms with Gasteiger partial charge in [0.1, 0.15) is 91.6 Å². The van der Waals surface area contributed by atoms with Gasteiger partial charge in [-0.2, -0.15) is 0 Å². The standard InChI is InChI=1S/C24H42O20/c1-5-18(14(33)15(34)21(37)38-5)42-23-17(36)19(11(30)8(4-27)40-23)43-24-20(13(32)10(29)7(3-26)41-24)44-22-16(35)12(31)9(28)6(2-25)39-22/h5-37H,2-4H2,1H3/t5-,6+,7+,8+,9+,10+,11-,12-,13-,14-,15+,16-,17+,18-,19-,20-,21+,22+,23-,24+/m0/s1. The Morgan fingerprint density at radius 2 is 0.841 bits per heavy atom. The van der Waals surface area contributed by atoms with E-state index in [-0.39, 0.29) is 0 Å². The zero-order chi connectivity index (χ0) is 32.6. The minimum atomic E-state index is -1.97. The Morgan fingerprint density at radius 1 is 0.409 bits per heavy atom. The molecular weight excluding hydrogens is 608 g/mol. The molecule has 44 heavy (non-hydrogen) atoms. The van der Waals surface area contributed by atoms with Crippen LogP contribution in [0.15, 0.2) is 0 Å². The van der Waals surface area contributed by atoms with Crippen LogP contribution in [0.4, 0.5) is 0 Å². The minimum absolute atomic E-state index is 0.816. The molecule has 20 heteroatoms. The van der Waals surface area contributed by atoms with Crippen molar-refractivity contribution < 1.29 is 99.5 Å². The highest BCUT2D eigenvalue weighted by molar-refractivity contribution is 4.97. The van der Waals surface area contributed by atoms with Crippen LogP contribution in [0.5, 0.6) is 0 Å². The number of hydrogen-bond donors (Lipinski definition) is 13. The molecule has 0 aromatic carbocycles. The molecular formula is C24H42O20. The number of rotatable bonds is 9. The molecule has 4 fully saturated rings. The second-order valence-corrected chi connectivity index (χ2v) is 11.1. The maximum Gasteiger partial charge on any atom is 0.187 e. The lowest BCUT2D eigenvalue weighted by Gasteiger charge is -2.49. The zero-order valence-electron chi connectivity index (χ0n) is 23.3. The van der Waals surface area contributed by atoms with Crippen molar-refractivity contribution in [3.05, 3.63) is 0 Å². The van der Waals surface area contributed by atoms with Gasteiger partial charge in [0.15, 0.2) is 25.2 Å². The predicted octanol–water partition coefficient (Wildman–Crippen LogP) is -8.72. The highest BCUT2D eigenvalue weighted by atomic mass is 16.8. The fraction of sp³-hybridized carbons (Fsp3) is 1.00. The molecule has 4 saturated heterocycles. The largest absolute Gasteiger partial charge is 0.394 e. The SMILES string of the molecule is C[C@@H]1O[C@@H](O)[C@H](O)[C@H](O)[C@H]1O[C@@H]1O[C@H](CO)[C@H](O)[C@H](O[C@H]2O[C@H](CO)[C@@H](O)[C@H](O)[C@@H]2O[C@H]2O[C@H](CO)[C@@H](O)[C@H](O)[C@@H]2O)[C@H]1O. The van der Waals surface area contributed by atoms with Crippen LogP contribution in [-0.4, -0.2) is 209 Å². The first kappa shape index (κ1) is 36.0. The van der Waals surface area contributed by atoms with E-state index >= 15 is 0 Å². The molecule has 20 nitrogen and oxygen atoms in total. The molecule has 0 amide bonds. The zero-order valence-corrected chi connectivity index (χ0v) is 23.3. The highest BCUT2D eigenvalue weighted by Gasteiger charge is 2.55. The average Bonchev–Trinajstić information content (AvgIpc) is 3.00. The van der Waals surface area contributed by atoms with Gasteiger partial charge in [-0.3, -0.25) is 0 Å². The van der Waals surface area contributed by atoms with Crippen LogP contribution in [0.2, 0.25) is 0 Å². The summed E-state index contributed by atoms with van der Waals surface area (Å²) in [5.41, 5.74) is 0. The summed E-state index contributed by atoms with van der Waals surface area (Å²) in [6.07, 6.45) is -34.6. The molecule has 20 atom stereocenters. The van der Waals surface area contributed by atoms with Gasteiger partial charge in [0.25, 0.3) is 0 Å². The van der Waals surface area contributed by atoms with E-state index in [0.29, 0.717) is 0 Å². The smallest absolute Gasteiger partial charge is 0.187 e. The van der Waals surface area contributed by atoms with E-state index in [4.69, 9.17) is 33.2 Å². The first-order valence-corrected chi connectivity index (χ1v) is 14.0. The summed E-state index contributed by atoms with van der Waals surface area (Å²) < 4.78 is 38.3. The third-order valence-electron chi connectivity index (χ3n) is 8.16. The number of aliphatic hydroxyl groups excluding tert-OH is 13. The molecule has 0 aromatic heterocycles. The lowest BCUT2D eigenvalue weighted by Crippen LogP contribution is -2.67. The maximum absolute atomic E-state index is 11.1. The van der Waals surface area contributed by atoms with E-state index < -0.39 is 143 Å². The number of hydrogen-bond acceptors (Lipinski definition) is 20. The topological polar surface area (TPSA) is 328 Å². The lowest BCUT2D eigenvalue weighted by molar-refractivity contribution is -0.395. The average molecular weight is 651 g/mol. The molecule has 0 saturated carbocycles. The van der Waals surface area contributed by atoms with Crippen molar-refractivity contribution in [2.75, 3.05) is 19.8 Å². The summed E-state index contributed by atoms with van der Waals surface area (Å²) in [5.74, 6) is 0. The predicted molar refractivity (Wildman–Crippen MR) is 132 cm³/mol. The van der Waals surface area contributed by atoms with Crippen LogP contribution in [0.1, 0.15) is 6.92 Å². The van der Waals surface area contributed by atoms with E-state index in [1.807, 2.05) is 0 Å². The molecule has 4 heterocycles. The van der Waals surface area contributed by atoms with E-state index in [9.17, 15) is 66.4 Å². The number of ether oxygens (including phenoxy) is 7. The molecule has 4 aliphatic rings. The van der Waals surface area contributed by atoms with Gasteiger partial charge < -0.3 is 99.5 Å². The van der Waals surface area contributed by atoms with E-state index in [1.54, 1.807) is 0 Å². The van der Waals surface area contributed by atoms with Crippen LogP contribution >= 0.6 is 0 Å². The second-order valence-electron chi connectivity index (χ2n) is 11.1. The molecule has 0 bridgehead atoms.